The molecule has 0 spiro atoms. The fourth-order valence-electron chi connectivity index (χ4n) is 1.02. The van der Waals surface area contributed by atoms with E-state index in [0.717, 1.165) is 18.4 Å². The molecule has 0 unspecified atom stereocenters. The summed E-state index contributed by atoms with van der Waals surface area (Å²) in [5.41, 5.74) is 2.35. The number of likely N-dealkylation sites (N-methyl/N-ethyl adjacent to an activating group) is 1. The van der Waals surface area contributed by atoms with Crippen LogP contribution >= 0.6 is 15.9 Å². The largest absolute Gasteiger partial charge is 0.296 e. The Morgan fingerprint density at radius 3 is 2.50 bits per heavy atom. The van der Waals surface area contributed by atoms with Gasteiger partial charge in [0.1, 0.15) is 0 Å². The first-order chi connectivity index (χ1) is 5.83. The second-order valence-electron chi connectivity index (χ2n) is 2.93. The highest BCUT2D eigenvalue weighted by Gasteiger charge is 1.95. The molecular weight excluding hydrogens is 214 g/mol. The number of alkyl halides is 1. The van der Waals surface area contributed by atoms with Crippen LogP contribution in [0.1, 0.15) is 5.56 Å². The van der Waals surface area contributed by atoms with Crippen molar-refractivity contribution < 1.29 is 0 Å². The van der Waals surface area contributed by atoms with Crippen LogP contribution in [0, 0.1) is 0 Å². The number of rotatable bonds is 4. The van der Waals surface area contributed by atoms with E-state index in [9.17, 15) is 0 Å². The molecule has 0 heterocycles. The van der Waals surface area contributed by atoms with Crippen molar-refractivity contribution in [1.29, 1.82) is 0 Å². The molecule has 0 saturated carbocycles. The molecule has 0 aromatic heterocycles. The highest BCUT2D eigenvalue weighted by Crippen LogP contribution is 2.00. The van der Waals surface area contributed by atoms with Crippen LogP contribution in [-0.2, 0) is 6.42 Å². The SMILES string of the molecule is CN(CBr)CCc1ccccc1. The summed E-state index contributed by atoms with van der Waals surface area (Å²) in [5.74, 6) is 0. The number of hydrogen-bond acceptors (Lipinski definition) is 1. The molecule has 1 aromatic carbocycles. The van der Waals surface area contributed by atoms with Crippen LogP contribution in [0.2, 0.25) is 0 Å². The number of hydrogen-bond donors (Lipinski definition) is 0. The van der Waals surface area contributed by atoms with Crippen LogP contribution in [0.4, 0.5) is 0 Å². The molecule has 2 heteroatoms. The Bertz CT molecular complexity index is 210. The van der Waals surface area contributed by atoms with Gasteiger partial charge in [0.25, 0.3) is 0 Å². The van der Waals surface area contributed by atoms with Gasteiger partial charge in [0, 0.05) is 6.54 Å². The molecule has 1 aromatic rings. The van der Waals surface area contributed by atoms with Gasteiger partial charge in [-0.2, -0.15) is 0 Å². The first-order valence-electron chi connectivity index (χ1n) is 4.11. The van der Waals surface area contributed by atoms with E-state index in [1.165, 1.54) is 5.56 Å². The third-order valence-electron chi connectivity index (χ3n) is 1.83. The standard InChI is InChI=1S/C10H14BrN/c1-12(9-11)8-7-10-5-3-2-4-6-10/h2-6H,7-9H2,1H3. The Kier molecular flexibility index (Phi) is 4.33. The summed E-state index contributed by atoms with van der Waals surface area (Å²) < 4.78 is 0. The van der Waals surface area contributed by atoms with Gasteiger partial charge in [-0.15, -0.1) is 0 Å². The molecule has 66 valence electrons. The summed E-state index contributed by atoms with van der Waals surface area (Å²) in [6.45, 7) is 1.11. The fraction of sp³-hybridized carbons (Fsp3) is 0.400. The zero-order valence-corrected chi connectivity index (χ0v) is 8.92. The number of nitrogens with zero attached hydrogens (tertiary/aromatic N) is 1. The van der Waals surface area contributed by atoms with E-state index in [1.807, 2.05) is 0 Å². The van der Waals surface area contributed by atoms with E-state index in [2.05, 4.69) is 58.2 Å². The minimum absolute atomic E-state index is 0.944. The summed E-state index contributed by atoms with van der Waals surface area (Å²) >= 11 is 3.41. The van der Waals surface area contributed by atoms with Crippen LogP contribution in [0.25, 0.3) is 0 Å². The first-order valence-corrected chi connectivity index (χ1v) is 5.23. The van der Waals surface area contributed by atoms with E-state index >= 15 is 0 Å². The Balaban J connectivity index is 2.33. The third-order valence-corrected chi connectivity index (χ3v) is 2.69. The molecule has 0 aliphatic heterocycles. The average molecular weight is 228 g/mol. The number of benzene rings is 1. The minimum atomic E-state index is 0.944. The maximum atomic E-state index is 3.41. The molecule has 0 bridgehead atoms. The topological polar surface area (TPSA) is 3.24 Å². The van der Waals surface area contributed by atoms with Gasteiger partial charge < -0.3 is 0 Å². The second-order valence-corrected chi connectivity index (χ2v) is 3.44. The quantitative estimate of drug-likeness (QED) is 0.565. The molecule has 1 nitrogen and oxygen atoms in total. The van der Waals surface area contributed by atoms with E-state index < -0.39 is 0 Å². The normalized spacial score (nSPS) is 10.6. The molecular formula is C10H14BrN. The molecule has 0 atom stereocenters. The highest BCUT2D eigenvalue weighted by atomic mass is 79.9. The molecule has 1 rings (SSSR count). The second kappa shape index (κ2) is 5.33. The van der Waals surface area contributed by atoms with Gasteiger partial charge in [-0.05, 0) is 19.0 Å². The zero-order chi connectivity index (χ0) is 8.81. The van der Waals surface area contributed by atoms with E-state index in [0.29, 0.717) is 0 Å². The predicted molar refractivity (Wildman–Crippen MR) is 56.6 cm³/mol. The van der Waals surface area contributed by atoms with Crippen molar-refractivity contribution >= 4 is 15.9 Å². The molecule has 0 aliphatic rings. The molecule has 0 N–H and O–H groups in total. The molecule has 0 aliphatic carbocycles. The van der Waals surface area contributed by atoms with Crippen molar-refractivity contribution in [3.05, 3.63) is 35.9 Å². The zero-order valence-electron chi connectivity index (χ0n) is 7.33. The van der Waals surface area contributed by atoms with Gasteiger partial charge in [0.2, 0.25) is 0 Å². The Morgan fingerprint density at radius 1 is 1.25 bits per heavy atom. The van der Waals surface area contributed by atoms with Crippen molar-refractivity contribution in [1.82, 2.24) is 4.90 Å². The number of halogens is 1. The van der Waals surface area contributed by atoms with Gasteiger partial charge in [0.15, 0.2) is 0 Å². The van der Waals surface area contributed by atoms with Crippen LogP contribution in [0.15, 0.2) is 30.3 Å². The van der Waals surface area contributed by atoms with Crippen molar-refractivity contribution in [3.8, 4) is 0 Å². The maximum Gasteiger partial charge on any atom is 0.0539 e. The lowest BCUT2D eigenvalue weighted by atomic mass is 10.1. The van der Waals surface area contributed by atoms with Gasteiger partial charge in [-0.1, -0.05) is 46.3 Å². The fourth-order valence-corrected chi connectivity index (χ4v) is 1.28. The highest BCUT2D eigenvalue weighted by molar-refractivity contribution is 9.09. The maximum absolute atomic E-state index is 3.41. The molecule has 0 fully saturated rings. The van der Waals surface area contributed by atoms with Crippen LogP contribution < -0.4 is 0 Å². The van der Waals surface area contributed by atoms with E-state index in [4.69, 9.17) is 0 Å². The summed E-state index contributed by atoms with van der Waals surface area (Å²) in [6.07, 6.45) is 1.13. The molecule has 12 heavy (non-hydrogen) atoms. The van der Waals surface area contributed by atoms with Crippen molar-refractivity contribution in [3.63, 3.8) is 0 Å². The lowest BCUT2D eigenvalue weighted by molar-refractivity contribution is 0.401. The van der Waals surface area contributed by atoms with Gasteiger partial charge in [-0.25, -0.2) is 0 Å². The van der Waals surface area contributed by atoms with Gasteiger partial charge in [-0.3, -0.25) is 4.90 Å². The summed E-state index contributed by atoms with van der Waals surface area (Å²) in [4.78, 5) is 2.24. The Morgan fingerprint density at radius 2 is 1.92 bits per heavy atom. The molecule has 0 radical (unpaired) electrons. The van der Waals surface area contributed by atoms with Crippen molar-refractivity contribution in [2.24, 2.45) is 0 Å². The van der Waals surface area contributed by atoms with Crippen molar-refractivity contribution in [2.75, 3.05) is 19.0 Å². The van der Waals surface area contributed by atoms with Crippen LogP contribution in [-0.4, -0.2) is 23.9 Å². The summed E-state index contributed by atoms with van der Waals surface area (Å²) in [6, 6.07) is 10.6. The van der Waals surface area contributed by atoms with Gasteiger partial charge >= 0.3 is 0 Å². The first kappa shape index (κ1) is 9.75. The van der Waals surface area contributed by atoms with Gasteiger partial charge in [0.05, 0.1) is 5.45 Å². The predicted octanol–water partition coefficient (Wildman–Crippen LogP) is 2.51. The lowest BCUT2D eigenvalue weighted by Gasteiger charge is -2.11. The monoisotopic (exact) mass is 227 g/mol. The Hall–Kier alpha value is -0.340. The Labute approximate surface area is 82.5 Å². The van der Waals surface area contributed by atoms with E-state index in [-0.39, 0.29) is 0 Å². The lowest BCUT2D eigenvalue weighted by Crippen LogP contribution is -2.18. The summed E-state index contributed by atoms with van der Waals surface area (Å²) in [7, 11) is 2.11. The van der Waals surface area contributed by atoms with Crippen LogP contribution in [0.3, 0.4) is 0 Å². The van der Waals surface area contributed by atoms with E-state index in [1.54, 1.807) is 0 Å². The smallest absolute Gasteiger partial charge is 0.0539 e. The molecule has 0 amide bonds. The summed E-state index contributed by atoms with van der Waals surface area (Å²) in [5, 5.41) is 0. The third kappa shape index (κ3) is 3.37. The minimum Gasteiger partial charge on any atom is -0.296 e. The van der Waals surface area contributed by atoms with Crippen molar-refractivity contribution in [2.45, 2.75) is 6.42 Å². The average Bonchev–Trinajstić information content (AvgIpc) is 2.16. The van der Waals surface area contributed by atoms with Crippen LogP contribution in [0.5, 0.6) is 0 Å². The molecule has 0 saturated heterocycles.